The average Bonchev–Trinajstić information content (AvgIpc) is 3.22. The summed E-state index contributed by atoms with van der Waals surface area (Å²) in [5, 5.41) is 39.8. The number of esters is 2. The predicted molar refractivity (Wildman–Crippen MR) is 233 cm³/mol. The van der Waals surface area contributed by atoms with Gasteiger partial charge in [-0.25, -0.2) is 4.79 Å². The van der Waals surface area contributed by atoms with Crippen molar-refractivity contribution in [2.45, 2.75) is 198 Å². The van der Waals surface area contributed by atoms with E-state index in [1.165, 1.54) is 32.1 Å². The van der Waals surface area contributed by atoms with E-state index < -0.39 is 61.3 Å². The number of carboxylic acids is 1. The van der Waals surface area contributed by atoms with Crippen LogP contribution in [0.1, 0.15) is 162 Å². The van der Waals surface area contributed by atoms with Crippen LogP contribution in [0.5, 0.6) is 0 Å². The number of ether oxygens (including phenoxy) is 4. The van der Waals surface area contributed by atoms with Crippen LogP contribution in [-0.2, 0) is 33.3 Å². The lowest BCUT2D eigenvalue weighted by Gasteiger charge is -2.38. The number of aliphatic hydroxyl groups excluding tert-OH is 3. The van der Waals surface area contributed by atoms with Crippen LogP contribution in [0, 0.1) is 0 Å². The monoisotopic (exact) mass is 831 g/mol. The van der Waals surface area contributed by atoms with Gasteiger partial charge in [0.15, 0.2) is 18.5 Å². The summed E-state index contributed by atoms with van der Waals surface area (Å²) >= 11 is 0. The summed E-state index contributed by atoms with van der Waals surface area (Å²) in [6.07, 6.45) is 38.1. The number of allylic oxidation sites excluding steroid dienone is 12. The minimum Gasteiger partial charge on any atom is -0.479 e. The Balaban J connectivity index is 2.41. The Morgan fingerprint density at radius 2 is 1.00 bits per heavy atom. The lowest BCUT2D eigenvalue weighted by atomic mass is 9.99. The third kappa shape index (κ3) is 29.5. The molecule has 0 saturated carbocycles. The summed E-state index contributed by atoms with van der Waals surface area (Å²) in [6, 6.07) is 0. The lowest BCUT2D eigenvalue weighted by molar-refractivity contribution is -0.298. The fourth-order valence-corrected chi connectivity index (χ4v) is 6.25. The van der Waals surface area contributed by atoms with Crippen molar-refractivity contribution in [2.24, 2.45) is 0 Å². The van der Waals surface area contributed by atoms with E-state index >= 15 is 0 Å². The quantitative estimate of drug-likeness (QED) is 0.0269. The SMILES string of the molecule is CC/C=C\C/C=C\C/C=C\C/C=C\C/C=C\CCCCCC(=O)OCC(COC1OC(C(=O)O)C(O)C(O)C1O)OC(=O)CCCCCCC/C=C\CCCCCCC. The highest BCUT2D eigenvalue weighted by Crippen LogP contribution is 2.23. The molecule has 6 unspecified atom stereocenters. The Kier molecular flexibility index (Phi) is 34.2. The van der Waals surface area contributed by atoms with Crippen molar-refractivity contribution in [2.75, 3.05) is 13.2 Å². The molecule has 0 bridgehead atoms. The number of hydrogen-bond donors (Lipinski definition) is 4. The largest absolute Gasteiger partial charge is 0.479 e. The molecule has 1 aliphatic heterocycles. The fourth-order valence-electron chi connectivity index (χ4n) is 6.25. The van der Waals surface area contributed by atoms with Gasteiger partial charge in [0.25, 0.3) is 0 Å². The van der Waals surface area contributed by atoms with Gasteiger partial charge in [0.05, 0.1) is 6.61 Å². The smallest absolute Gasteiger partial charge is 0.335 e. The second kappa shape index (κ2) is 37.6. The van der Waals surface area contributed by atoms with Crippen LogP contribution >= 0.6 is 0 Å². The molecule has 1 heterocycles. The summed E-state index contributed by atoms with van der Waals surface area (Å²) in [5.41, 5.74) is 0. The summed E-state index contributed by atoms with van der Waals surface area (Å²) in [4.78, 5) is 36.8. The third-order valence-corrected chi connectivity index (χ3v) is 9.79. The molecule has 1 aliphatic rings. The Labute approximate surface area is 355 Å². The summed E-state index contributed by atoms with van der Waals surface area (Å²) in [6.45, 7) is 3.64. The Hall–Kier alpha value is -3.35. The van der Waals surface area contributed by atoms with Crippen molar-refractivity contribution < 1.29 is 53.8 Å². The standard InChI is InChI=1S/C48H78O11/c1-3-5-7-9-11-13-15-17-19-20-21-22-23-25-26-28-30-32-34-36-41(49)56-38-40(39-57-48-45(53)43(51)44(52)46(59-48)47(54)55)58-42(50)37-35-33-31-29-27-24-18-16-14-12-10-8-6-4-2/h5,7,11,13,16-19,21-22,25-26,40,43-46,48,51-53H,3-4,6,8-10,12,14-15,20,23-24,27-39H2,1-2H3,(H,54,55)/b7-5-,13-11-,18-16-,19-17-,22-21-,26-25-. The minimum atomic E-state index is -1.87. The molecule has 1 saturated heterocycles. The zero-order chi connectivity index (χ0) is 43.2. The molecule has 0 radical (unpaired) electrons. The van der Waals surface area contributed by atoms with Crippen LogP contribution in [-0.4, -0.2) is 88.4 Å². The summed E-state index contributed by atoms with van der Waals surface area (Å²) < 4.78 is 21.7. The van der Waals surface area contributed by atoms with E-state index in [1.54, 1.807) is 0 Å². The molecular formula is C48H78O11. The predicted octanol–water partition coefficient (Wildman–Crippen LogP) is 9.70. The zero-order valence-corrected chi connectivity index (χ0v) is 36.2. The minimum absolute atomic E-state index is 0.162. The summed E-state index contributed by atoms with van der Waals surface area (Å²) in [5.74, 6) is -2.51. The molecule has 1 fully saturated rings. The van der Waals surface area contributed by atoms with Crippen LogP contribution in [0.2, 0.25) is 0 Å². The topological polar surface area (TPSA) is 169 Å². The molecule has 0 aromatic heterocycles. The number of carboxylic acid groups (broad SMARTS) is 1. The molecule has 0 aromatic carbocycles. The second-order valence-corrected chi connectivity index (χ2v) is 15.2. The van der Waals surface area contributed by atoms with Crippen molar-refractivity contribution >= 4 is 17.9 Å². The maximum Gasteiger partial charge on any atom is 0.335 e. The molecule has 0 amide bonds. The van der Waals surface area contributed by atoms with Gasteiger partial charge in [-0.15, -0.1) is 0 Å². The van der Waals surface area contributed by atoms with Crippen molar-refractivity contribution in [3.05, 3.63) is 72.9 Å². The van der Waals surface area contributed by atoms with Crippen molar-refractivity contribution in [3.63, 3.8) is 0 Å². The van der Waals surface area contributed by atoms with Crippen LogP contribution in [0.15, 0.2) is 72.9 Å². The lowest BCUT2D eigenvalue weighted by Crippen LogP contribution is -2.60. The highest BCUT2D eigenvalue weighted by Gasteiger charge is 2.47. The highest BCUT2D eigenvalue weighted by molar-refractivity contribution is 5.73. The average molecular weight is 831 g/mol. The normalized spacial score (nSPS) is 20.6. The van der Waals surface area contributed by atoms with E-state index in [1.807, 2.05) is 0 Å². The Bertz CT molecular complexity index is 1250. The van der Waals surface area contributed by atoms with Crippen LogP contribution in [0.4, 0.5) is 0 Å². The molecular weight excluding hydrogens is 753 g/mol. The number of hydrogen-bond acceptors (Lipinski definition) is 10. The summed E-state index contributed by atoms with van der Waals surface area (Å²) in [7, 11) is 0. The van der Waals surface area contributed by atoms with Crippen molar-refractivity contribution in [1.29, 1.82) is 0 Å². The maximum atomic E-state index is 12.8. The molecule has 11 nitrogen and oxygen atoms in total. The first-order valence-electron chi connectivity index (χ1n) is 22.5. The number of aliphatic hydroxyl groups is 3. The Morgan fingerprint density at radius 1 is 0.542 bits per heavy atom. The molecule has 59 heavy (non-hydrogen) atoms. The molecule has 0 aliphatic carbocycles. The third-order valence-electron chi connectivity index (χ3n) is 9.79. The van der Waals surface area contributed by atoms with Gasteiger partial charge < -0.3 is 39.4 Å². The molecule has 4 N–H and O–H groups in total. The van der Waals surface area contributed by atoms with Gasteiger partial charge >= 0.3 is 17.9 Å². The molecule has 0 spiro atoms. The van der Waals surface area contributed by atoms with E-state index in [4.69, 9.17) is 18.9 Å². The zero-order valence-electron chi connectivity index (χ0n) is 36.2. The van der Waals surface area contributed by atoms with E-state index in [-0.39, 0.29) is 19.4 Å². The van der Waals surface area contributed by atoms with Gasteiger partial charge in [0.2, 0.25) is 0 Å². The van der Waals surface area contributed by atoms with E-state index in [0.717, 1.165) is 89.9 Å². The van der Waals surface area contributed by atoms with Crippen molar-refractivity contribution in [3.8, 4) is 0 Å². The van der Waals surface area contributed by atoms with Gasteiger partial charge in [-0.3, -0.25) is 9.59 Å². The van der Waals surface area contributed by atoms with Gasteiger partial charge in [-0.05, 0) is 83.5 Å². The maximum absolute atomic E-state index is 12.8. The fraction of sp³-hybridized carbons (Fsp3) is 0.688. The Morgan fingerprint density at radius 3 is 1.54 bits per heavy atom. The number of carbonyl (C=O) groups excluding carboxylic acids is 2. The molecule has 0 aromatic rings. The van der Waals surface area contributed by atoms with Gasteiger partial charge in [-0.2, -0.15) is 0 Å². The number of carbonyl (C=O) groups is 3. The van der Waals surface area contributed by atoms with Crippen LogP contribution in [0.25, 0.3) is 0 Å². The highest BCUT2D eigenvalue weighted by atomic mass is 16.7. The number of unbranched alkanes of at least 4 members (excludes halogenated alkanes) is 13. The second-order valence-electron chi connectivity index (χ2n) is 15.2. The van der Waals surface area contributed by atoms with E-state index in [9.17, 15) is 34.8 Å². The van der Waals surface area contributed by atoms with Crippen LogP contribution in [0.3, 0.4) is 0 Å². The molecule has 336 valence electrons. The van der Waals surface area contributed by atoms with Crippen molar-refractivity contribution in [1.82, 2.24) is 0 Å². The van der Waals surface area contributed by atoms with Gasteiger partial charge in [0.1, 0.15) is 24.9 Å². The number of aliphatic carboxylic acids is 1. The molecule has 11 heteroatoms. The first kappa shape index (κ1) is 53.7. The van der Waals surface area contributed by atoms with E-state index in [2.05, 4.69) is 86.8 Å². The van der Waals surface area contributed by atoms with Crippen LogP contribution < -0.4 is 0 Å². The van der Waals surface area contributed by atoms with Gasteiger partial charge in [0, 0.05) is 12.8 Å². The van der Waals surface area contributed by atoms with Gasteiger partial charge in [-0.1, -0.05) is 138 Å². The molecule has 6 atom stereocenters. The van der Waals surface area contributed by atoms with E-state index in [0.29, 0.717) is 12.8 Å². The first-order chi connectivity index (χ1) is 28.7. The first-order valence-corrected chi connectivity index (χ1v) is 22.5. The number of rotatable bonds is 36. The molecule has 1 rings (SSSR count).